The molecule has 1 aromatic heterocycles. The van der Waals surface area contributed by atoms with Gasteiger partial charge in [0.1, 0.15) is 5.25 Å². The average Bonchev–Trinajstić information content (AvgIpc) is 3.16. The van der Waals surface area contributed by atoms with Crippen LogP contribution in [0.2, 0.25) is 5.02 Å². The van der Waals surface area contributed by atoms with Gasteiger partial charge in [-0.05, 0) is 35.9 Å². The maximum atomic E-state index is 13.4. The molecule has 0 aliphatic carbocycles. The molecule has 0 saturated heterocycles. The number of fused-ring (bicyclic) bond motifs is 1. The summed E-state index contributed by atoms with van der Waals surface area (Å²) >= 11 is 6.86. The van der Waals surface area contributed by atoms with Gasteiger partial charge in [0.15, 0.2) is 5.16 Å². The van der Waals surface area contributed by atoms with Crippen molar-refractivity contribution in [1.29, 1.82) is 0 Å². The molecule has 1 amide bonds. The van der Waals surface area contributed by atoms with Gasteiger partial charge in [-0.15, -0.1) is 0 Å². The SMILES string of the molecule is O=C(Nc1ccc(Cl)cc1C(F)(F)F)C(Sc1nc2ccccc2[nH]1)c1ccccc1. The number of carbonyl (C=O) groups is 1. The monoisotopic (exact) mass is 461 g/mol. The molecule has 1 atom stereocenters. The van der Waals surface area contributed by atoms with Gasteiger partial charge in [0.2, 0.25) is 5.91 Å². The molecular formula is C22H15ClF3N3OS. The van der Waals surface area contributed by atoms with Gasteiger partial charge in [-0.2, -0.15) is 13.2 Å². The minimum absolute atomic E-state index is 0.0680. The van der Waals surface area contributed by atoms with E-state index < -0.39 is 22.9 Å². The fourth-order valence-electron chi connectivity index (χ4n) is 3.06. The number of aromatic amines is 1. The molecule has 0 spiro atoms. The summed E-state index contributed by atoms with van der Waals surface area (Å²) in [5, 5.41) is 2.00. The van der Waals surface area contributed by atoms with Crippen molar-refractivity contribution in [2.24, 2.45) is 0 Å². The molecule has 158 valence electrons. The molecule has 1 unspecified atom stereocenters. The zero-order valence-electron chi connectivity index (χ0n) is 15.8. The number of rotatable bonds is 5. The standard InChI is InChI=1S/C22H15ClF3N3OS/c23-14-10-11-16(15(12-14)22(24,25)26)27-20(30)19(13-6-2-1-3-7-13)31-21-28-17-8-4-5-9-18(17)29-21/h1-12,19H,(H,27,30)(H,28,29). The maximum Gasteiger partial charge on any atom is 0.418 e. The number of carbonyl (C=O) groups excluding carboxylic acids is 1. The summed E-state index contributed by atoms with van der Waals surface area (Å²) < 4.78 is 40.3. The van der Waals surface area contributed by atoms with Crippen LogP contribution in [0, 0.1) is 0 Å². The lowest BCUT2D eigenvalue weighted by atomic mass is 10.1. The minimum atomic E-state index is -4.67. The van der Waals surface area contributed by atoms with Crippen LogP contribution >= 0.6 is 23.4 Å². The van der Waals surface area contributed by atoms with Crippen molar-refractivity contribution >= 4 is 46.0 Å². The largest absolute Gasteiger partial charge is 0.418 e. The van der Waals surface area contributed by atoms with E-state index in [1.165, 1.54) is 6.07 Å². The Morgan fingerprint density at radius 1 is 1.03 bits per heavy atom. The van der Waals surface area contributed by atoms with Crippen molar-refractivity contribution in [3.63, 3.8) is 0 Å². The fraction of sp³-hybridized carbons (Fsp3) is 0.0909. The van der Waals surface area contributed by atoms with Gasteiger partial charge in [-0.3, -0.25) is 4.79 Å². The molecule has 0 bridgehead atoms. The molecule has 1 heterocycles. The number of amides is 1. The third-order valence-corrected chi connectivity index (χ3v) is 5.86. The van der Waals surface area contributed by atoms with Crippen molar-refractivity contribution in [2.45, 2.75) is 16.6 Å². The van der Waals surface area contributed by atoms with Gasteiger partial charge in [0.25, 0.3) is 0 Å². The van der Waals surface area contributed by atoms with E-state index in [4.69, 9.17) is 11.6 Å². The Bertz CT molecular complexity index is 1190. The molecule has 0 saturated carbocycles. The first-order chi connectivity index (χ1) is 14.8. The molecule has 4 aromatic rings. The molecule has 3 aromatic carbocycles. The van der Waals surface area contributed by atoms with Crippen LogP contribution in [-0.2, 0) is 11.0 Å². The van der Waals surface area contributed by atoms with Crippen LogP contribution in [0.5, 0.6) is 0 Å². The highest BCUT2D eigenvalue weighted by atomic mass is 35.5. The minimum Gasteiger partial charge on any atom is -0.333 e. The average molecular weight is 462 g/mol. The second-order valence-corrected chi connectivity index (χ2v) is 8.17. The summed E-state index contributed by atoms with van der Waals surface area (Å²) in [6.07, 6.45) is -4.67. The number of para-hydroxylation sites is 2. The van der Waals surface area contributed by atoms with Crippen LogP contribution in [0.1, 0.15) is 16.4 Å². The van der Waals surface area contributed by atoms with Crippen molar-refractivity contribution < 1.29 is 18.0 Å². The Labute approximate surface area is 184 Å². The smallest absolute Gasteiger partial charge is 0.333 e. The lowest BCUT2D eigenvalue weighted by Gasteiger charge is -2.18. The number of H-pyrrole nitrogens is 1. The lowest BCUT2D eigenvalue weighted by Crippen LogP contribution is -2.21. The van der Waals surface area contributed by atoms with Crippen molar-refractivity contribution in [1.82, 2.24) is 9.97 Å². The van der Waals surface area contributed by atoms with E-state index in [1.807, 2.05) is 24.3 Å². The molecule has 4 rings (SSSR count). The summed E-state index contributed by atoms with van der Waals surface area (Å²) in [4.78, 5) is 20.7. The van der Waals surface area contributed by atoms with Gasteiger partial charge in [0.05, 0.1) is 22.3 Å². The maximum absolute atomic E-state index is 13.4. The molecule has 0 fully saturated rings. The van der Waals surface area contributed by atoms with Crippen LogP contribution in [-0.4, -0.2) is 15.9 Å². The zero-order chi connectivity index (χ0) is 22.0. The normalized spacial score (nSPS) is 12.6. The van der Waals surface area contributed by atoms with E-state index in [0.29, 0.717) is 10.7 Å². The summed E-state index contributed by atoms with van der Waals surface area (Å²) in [6, 6.07) is 19.4. The molecule has 2 N–H and O–H groups in total. The van der Waals surface area contributed by atoms with Crippen molar-refractivity contribution in [3.8, 4) is 0 Å². The van der Waals surface area contributed by atoms with Gasteiger partial charge in [0, 0.05) is 5.02 Å². The Kier molecular flexibility index (Phi) is 5.93. The summed E-state index contributed by atoms with van der Waals surface area (Å²) in [5.41, 5.74) is 0.804. The number of aromatic nitrogens is 2. The van der Waals surface area contributed by atoms with Gasteiger partial charge in [-0.1, -0.05) is 65.8 Å². The first-order valence-corrected chi connectivity index (χ1v) is 10.4. The molecule has 4 nitrogen and oxygen atoms in total. The van der Waals surface area contributed by atoms with Gasteiger partial charge in [-0.25, -0.2) is 4.98 Å². The lowest BCUT2D eigenvalue weighted by molar-refractivity contribution is -0.137. The number of hydrogen-bond acceptors (Lipinski definition) is 3. The van der Waals surface area contributed by atoms with Crippen molar-refractivity contribution in [2.75, 3.05) is 5.32 Å². The molecule has 9 heteroatoms. The van der Waals surface area contributed by atoms with Gasteiger partial charge < -0.3 is 10.3 Å². The van der Waals surface area contributed by atoms with E-state index >= 15 is 0 Å². The van der Waals surface area contributed by atoms with Crippen molar-refractivity contribution in [3.05, 3.63) is 88.9 Å². The van der Waals surface area contributed by atoms with Gasteiger partial charge >= 0.3 is 6.18 Å². The number of benzene rings is 3. The molecule has 0 aliphatic rings. The number of nitrogens with one attached hydrogen (secondary N) is 2. The fourth-order valence-corrected chi connectivity index (χ4v) is 4.23. The Hall–Kier alpha value is -2.97. The molecule has 0 radical (unpaired) electrons. The van der Waals surface area contributed by atoms with Crippen LogP contribution in [0.25, 0.3) is 11.0 Å². The summed E-state index contributed by atoms with van der Waals surface area (Å²) in [7, 11) is 0. The van der Waals surface area contributed by atoms with Crippen LogP contribution in [0.15, 0.2) is 78.0 Å². The second-order valence-electron chi connectivity index (χ2n) is 6.64. The molecule has 31 heavy (non-hydrogen) atoms. The van der Waals surface area contributed by atoms with E-state index in [9.17, 15) is 18.0 Å². The quantitative estimate of drug-likeness (QED) is 0.325. The zero-order valence-corrected chi connectivity index (χ0v) is 17.4. The van der Waals surface area contributed by atoms with E-state index in [-0.39, 0.29) is 10.7 Å². The highest BCUT2D eigenvalue weighted by molar-refractivity contribution is 8.00. The third kappa shape index (κ3) is 4.86. The summed E-state index contributed by atoms with van der Waals surface area (Å²) in [6.45, 7) is 0. The van der Waals surface area contributed by atoms with E-state index in [2.05, 4.69) is 15.3 Å². The number of hydrogen-bond donors (Lipinski definition) is 2. The number of alkyl halides is 3. The third-order valence-electron chi connectivity index (χ3n) is 4.48. The first kappa shape index (κ1) is 21.3. The summed E-state index contributed by atoms with van der Waals surface area (Å²) in [5.74, 6) is -0.607. The predicted octanol–water partition coefficient (Wildman–Crippen LogP) is 6.71. The highest BCUT2D eigenvalue weighted by Crippen LogP contribution is 2.39. The Morgan fingerprint density at radius 2 is 1.74 bits per heavy atom. The molecule has 0 aliphatic heterocycles. The number of anilines is 1. The number of thioether (sulfide) groups is 1. The highest BCUT2D eigenvalue weighted by Gasteiger charge is 2.35. The Balaban J connectivity index is 1.67. The number of halogens is 4. The van der Waals surface area contributed by atoms with Crippen LogP contribution < -0.4 is 5.32 Å². The number of imidazole rings is 1. The first-order valence-electron chi connectivity index (χ1n) is 9.15. The number of nitrogens with zero attached hydrogens (tertiary/aromatic N) is 1. The second kappa shape index (κ2) is 8.64. The van der Waals surface area contributed by atoms with Crippen LogP contribution in [0.4, 0.5) is 18.9 Å². The Morgan fingerprint density at radius 3 is 2.45 bits per heavy atom. The topological polar surface area (TPSA) is 57.8 Å². The van der Waals surface area contributed by atoms with Crippen LogP contribution in [0.3, 0.4) is 0 Å². The van der Waals surface area contributed by atoms with E-state index in [0.717, 1.165) is 34.9 Å². The predicted molar refractivity (Wildman–Crippen MR) is 116 cm³/mol. The van der Waals surface area contributed by atoms with E-state index in [1.54, 1.807) is 30.3 Å². The molecular weight excluding hydrogens is 447 g/mol.